The molecule has 0 heterocycles. The average Bonchev–Trinajstić information content (AvgIpc) is 3.51. The smallest absolute Gasteiger partial charge is 0.251 e. The van der Waals surface area contributed by atoms with Crippen molar-refractivity contribution in [2.45, 2.75) is 39.0 Å². The summed E-state index contributed by atoms with van der Waals surface area (Å²) in [7, 11) is 0. The van der Waals surface area contributed by atoms with Gasteiger partial charge in [0, 0.05) is 25.1 Å². The van der Waals surface area contributed by atoms with Crippen LogP contribution in [0.15, 0.2) is 48.5 Å². The number of nitrogens with one attached hydrogen (secondary N) is 2. The zero-order chi connectivity index (χ0) is 19.2. The van der Waals surface area contributed by atoms with Crippen molar-refractivity contribution < 1.29 is 9.59 Å². The molecular formula is C23H28N2O2. The van der Waals surface area contributed by atoms with Gasteiger partial charge in [-0.25, -0.2) is 0 Å². The SMILES string of the molecule is Cc1ccc(C(CC(=O)NCCNC(=O)c2ccccc2)C2CC2)cc1C. The first-order valence-corrected chi connectivity index (χ1v) is 9.71. The third-order valence-electron chi connectivity index (χ3n) is 5.32. The minimum atomic E-state index is -0.115. The first-order valence-electron chi connectivity index (χ1n) is 9.71. The summed E-state index contributed by atoms with van der Waals surface area (Å²) >= 11 is 0. The Kier molecular flexibility index (Phi) is 6.28. The first-order chi connectivity index (χ1) is 13.0. The largest absolute Gasteiger partial charge is 0.354 e. The van der Waals surface area contributed by atoms with Crippen molar-refractivity contribution in [2.75, 3.05) is 13.1 Å². The molecule has 1 saturated carbocycles. The molecule has 2 amide bonds. The van der Waals surface area contributed by atoms with Crippen LogP contribution in [0.1, 0.15) is 52.2 Å². The Bertz CT molecular complexity index is 797. The molecule has 0 aliphatic heterocycles. The van der Waals surface area contributed by atoms with E-state index in [2.05, 4.69) is 42.7 Å². The summed E-state index contributed by atoms with van der Waals surface area (Å²) in [4.78, 5) is 24.4. The van der Waals surface area contributed by atoms with E-state index < -0.39 is 0 Å². The van der Waals surface area contributed by atoms with E-state index in [0.717, 1.165) is 0 Å². The molecule has 0 bridgehead atoms. The molecule has 4 heteroatoms. The monoisotopic (exact) mass is 364 g/mol. The minimum Gasteiger partial charge on any atom is -0.354 e. The topological polar surface area (TPSA) is 58.2 Å². The highest BCUT2D eigenvalue weighted by atomic mass is 16.2. The molecule has 0 saturated heterocycles. The number of amides is 2. The van der Waals surface area contributed by atoms with Gasteiger partial charge in [0.25, 0.3) is 5.91 Å². The van der Waals surface area contributed by atoms with E-state index in [0.29, 0.717) is 36.9 Å². The Morgan fingerprint density at radius 1 is 0.963 bits per heavy atom. The van der Waals surface area contributed by atoms with Gasteiger partial charge >= 0.3 is 0 Å². The predicted molar refractivity (Wildman–Crippen MR) is 108 cm³/mol. The molecule has 2 aromatic rings. The molecule has 2 N–H and O–H groups in total. The Morgan fingerprint density at radius 2 is 1.67 bits per heavy atom. The van der Waals surface area contributed by atoms with E-state index >= 15 is 0 Å². The van der Waals surface area contributed by atoms with E-state index in [1.54, 1.807) is 12.1 Å². The normalized spacial score (nSPS) is 14.4. The lowest BCUT2D eigenvalue weighted by Gasteiger charge is -2.18. The Hall–Kier alpha value is -2.62. The Morgan fingerprint density at radius 3 is 2.33 bits per heavy atom. The second-order valence-corrected chi connectivity index (χ2v) is 7.46. The van der Waals surface area contributed by atoms with Crippen LogP contribution in [-0.2, 0) is 4.79 Å². The quantitative estimate of drug-likeness (QED) is 0.701. The summed E-state index contributed by atoms with van der Waals surface area (Å²) in [5.74, 6) is 0.855. The van der Waals surface area contributed by atoms with Crippen molar-refractivity contribution in [2.24, 2.45) is 5.92 Å². The number of benzene rings is 2. The van der Waals surface area contributed by atoms with Crippen LogP contribution in [0.2, 0.25) is 0 Å². The fourth-order valence-electron chi connectivity index (χ4n) is 3.39. The van der Waals surface area contributed by atoms with Gasteiger partial charge in [-0.2, -0.15) is 0 Å². The van der Waals surface area contributed by atoms with Crippen LogP contribution in [0, 0.1) is 19.8 Å². The van der Waals surface area contributed by atoms with Crippen molar-refractivity contribution in [1.82, 2.24) is 10.6 Å². The van der Waals surface area contributed by atoms with Gasteiger partial charge in [-0.1, -0.05) is 36.4 Å². The maximum atomic E-state index is 12.4. The molecule has 27 heavy (non-hydrogen) atoms. The van der Waals surface area contributed by atoms with Gasteiger partial charge in [0.2, 0.25) is 5.91 Å². The highest BCUT2D eigenvalue weighted by Gasteiger charge is 2.33. The van der Waals surface area contributed by atoms with Gasteiger partial charge in [-0.05, 0) is 67.3 Å². The summed E-state index contributed by atoms with van der Waals surface area (Å²) < 4.78 is 0. The van der Waals surface area contributed by atoms with Crippen molar-refractivity contribution in [3.8, 4) is 0 Å². The van der Waals surface area contributed by atoms with Gasteiger partial charge in [-0.15, -0.1) is 0 Å². The van der Waals surface area contributed by atoms with Gasteiger partial charge in [0.1, 0.15) is 0 Å². The zero-order valence-electron chi connectivity index (χ0n) is 16.1. The highest BCUT2D eigenvalue weighted by Crippen LogP contribution is 2.44. The molecule has 1 aliphatic carbocycles. The van der Waals surface area contributed by atoms with Crippen LogP contribution in [0.3, 0.4) is 0 Å². The molecule has 1 fully saturated rings. The maximum absolute atomic E-state index is 12.4. The Balaban J connectivity index is 1.46. The van der Waals surface area contributed by atoms with Crippen LogP contribution in [-0.4, -0.2) is 24.9 Å². The molecule has 2 aromatic carbocycles. The summed E-state index contributed by atoms with van der Waals surface area (Å²) in [6.07, 6.45) is 2.93. The van der Waals surface area contributed by atoms with E-state index in [9.17, 15) is 9.59 Å². The molecule has 0 aromatic heterocycles. The summed E-state index contributed by atoms with van der Waals surface area (Å²) in [6.45, 7) is 5.11. The standard InChI is InChI=1S/C23H28N2O2/c1-16-8-9-20(14-17(16)2)21(18-10-11-18)15-22(26)24-12-13-25-23(27)19-6-4-3-5-7-19/h3-9,14,18,21H,10-13,15H2,1-2H3,(H,24,26)(H,25,27). The number of rotatable bonds is 8. The third kappa shape index (κ3) is 5.43. The molecule has 1 atom stereocenters. The lowest BCUT2D eigenvalue weighted by atomic mass is 9.89. The van der Waals surface area contributed by atoms with Crippen molar-refractivity contribution in [1.29, 1.82) is 0 Å². The average molecular weight is 364 g/mol. The van der Waals surface area contributed by atoms with Crippen LogP contribution >= 0.6 is 0 Å². The molecule has 4 nitrogen and oxygen atoms in total. The fourth-order valence-corrected chi connectivity index (χ4v) is 3.39. The predicted octanol–water partition coefficient (Wildman–Crippen LogP) is 3.73. The molecule has 3 rings (SSSR count). The maximum Gasteiger partial charge on any atom is 0.251 e. The molecule has 1 unspecified atom stereocenters. The highest BCUT2D eigenvalue weighted by molar-refractivity contribution is 5.94. The number of carbonyl (C=O) groups is 2. The second kappa shape index (κ2) is 8.85. The summed E-state index contributed by atoms with van der Waals surface area (Å²) in [6, 6.07) is 15.6. The van der Waals surface area contributed by atoms with E-state index in [-0.39, 0.29) is 11.8 Å². The van der Waals surface area contributed by atoms with E-state index in [1.165, 1.54) is 29.5 Å². The van der Waals surface area contributed by atoms with Crippen molar-refractivity contribution >= 4 is 11.8 Å². The van der Waals surface area contributed by atoms with Crippen LogP contribution in [0.4, 0.5) is 0 Å². The van der Waals surface area contributed by atoms with Crippen LogP contribution in [0.25, 0.3) is 0 Å². The molecule has 0 spiro atoms. The zero-order valence-corrected chi connectivity index (χ0v) is 16.1. The van der Waals surface area contributed by atoms with Crippen molar-refractivity contribution in [3.63, 3.8) is 0 Å². The molecule has 1 aliphatic rings. The van der Waals surface area contributed by atoms with Gasteiger partial charge < -0.3 is 10.6 Å². The van der Waals surface area contributed by atoms with Crippen LogP contribution < -0.4 is 10.6 Å². The minimum absolute atomic E-state index is 0.0547. The Labute approximate surface area is 161 Å². The van der Waals surface area contributed by atoms with Crippen LogP contribution in [0.5, 0.6) is 0 Å². The molecule has 142 valence electrons. The fraction of sp³-hybridized carbons (Fsp3) is 0.391. The van der Waals surface area contributed by atoms with Crippen molar-refractivity contribution in [3.05, 3.63) is 70.8 Å². The lowest BCUT2D eigenvalue weighted by Crippen LogP contribution is -2.35. The summed E-state index contributed by atoms with van der Waals surface area (Å²) in [5.41, 5.74) is 4.47. The third-order valence-corrected chi connectivity index (χ3v) is 5.32. The molecule has 0 radical (unpaired) electrons. The second-order valence-electron chi connectivity index (χ2n) is 7.46. The van der Waals surface area contributed by atoms with Gasteiger partial charge in [0.05, 0.1) is 0 Å². The van der Waals surface area contributed by atoms with E-state index in [4.69, 9.17) is 0 Å². The lowest BCUT2D eigenvalue weighted by molar-refractivity contribution is -0.121. The van der Waals surface area contributed by atoms with Gasteiger partial charge in [-0.3, -0.25) is 9.59 Å². The molecular weight excluding hydrogens is 336 g/mol. The first kappa shape index (κ1) is 19.2. The number of hydrogen-bond donors (Lipinski definition) is 2. The number of carbonyl (C=O) groups excluding carboxylic acids is 2. The van der Waals surface area contributed by atoms with E-state index in [1.807, 2.05) is 18.2 Å². The number of aryl methyl sites for hydroxylation is 2. The number of hydrogen-bond acceptors (Lipinski definition) is 2. The van der Waals surface area contributed by atoms with Gasteiger partial charge in [0.15, 0.2) is 0 Å². The summed E-state index contributed by atoms with van der Waals surface area (Å²) in [5, 5.41) is 5.78.